The van der Waals surface area contributed by atoms with Crippen molar-refractivity contribution in [2.75, 3.05) is 7.11 Å². The number of carbonyl (C=O) groups excluding carboxylic acids is 1. The highest BCUT2D eigenvalue weighted by Crippen LogP contribution is 2.25. The van der Waals surface area contributed by atoms with Crippen molar-refractivity contribution in [3.8, 4) is 0 Å². The van der Waals surface area contributed by atoms with Gasteiger partial charge in [0.1, 0.15) is 0 Å². The van der Waals surface area contributed by atoms with Gasteiger partial charge >= 0.3 is 11.9 Å². The van der Waals surface area contributed by atoms with Crippen LogP contribution in [0.2, 0.25) is 0 Å². The molecule has 1 rings (SSSR count). The first-order valence-corrected chi connectivity index (χ1v) is 5.62. The lowest BCUT2D eigenvalue weighted by Crippen LogP contribution is -2.06. The zero-order chi connectivity index (χ0) is 15.3. The number of carbonyl (C=O) groups is 2. The average Bonchev–Trinajstić information content (AvgIpc) is 2.38. The number of benzene rings is 1. The molecule has 0 heterocycles. The summed E-state index contributed by atoms with van der Waals surface area (Å²) in [7, 11) is 1.18. The van der Waals surface area contributed by atoms with E-state index in [-0.39, 0.29) is 23.2 Å². The quantitative estimate of drug-likeness (QED) is 0.503. The molecule has 0 fully saturated rings. The maximum atomic E-state index is 11.6. The Hall–Kier alpha value is -2.70. The highest BCUT2D eigenvalue weighted by Gasteiger charge is 2.20. The zero-order valence-corrected chi connectivity index (χ0v) is 11.0. The van der Waals surface area contributed by atoms with Crippen molar-refractivity contribution in [3.05, 3.63) is 45.0 Å². The van der Waals surface area contributed by atoms with E-state index in [9.17, 15) is 19.7 Å². The van der Waals surface area contributed by atoms with E-state index >= 15 is 0 Å². The Bertz CT molecular complexity index is 591. The zero-order valence-electron chi connectivity index (χ0n) is 11.0. The normalized spacial score (nSPS) is 10.5. The van der Waals surface area contributed by atoms with Crippen molar-refractivity contribution in [3.63, 3.8) is 0 Å². The SMILES string of the molecule is COC(=O)c1cc(C=CCC(=O)O)cc([N+](=O)[O-])c1C. The van der Waals surface area contributed by atoms with Gasteiger partial charge in [-0.3, -0.25) is 14.9 Å². The molecule has 0 radical (unpaired) electrons. The molecule has 0 atom stereocenters. The van der Waals surface area contributed by atoms with Crippen LogP contribution in [0.1, 0.15) is 27.9 Å². The Morgan fingerprint density at radius 1 is 1.45 bits per heavy atom. The van der Waals surface area contributed by atoms with Crippen LogP contribution in [0.15, 0.2) is 18.2 Å². The molecule has 0 amide bonds. The first-order chi connectivity index (χ1) is 9.36. The summed E-state index contributed by atoms with van der Waals surface area (Å²) in [5, 5.41) is 19.5. The summed E-state index contributed by atoms with van der Waals surface area (Å²) in [5.74, 6) is -1.70. The van der Waals surface area contributed by atoms with Gasteiger partial charge in [-0.25, -0.2) is 4.79 Å². The third kappa shape index (κ3) is 3.64. The molecule has 0 saturated heterocycles. The van der Waals surface area contributed by atoms with Gasteiger partial charge in [-0.1, -0.05) is 12.2 Å². The van der Waals surface area contributed by atoms with Crippen LogP contribution in [-0.2, 0) is 9.53 Å². The summed E-state index contributed by atoms with van der Waals surface area (Å²) in [6, 6.07) is 2.70. The molecule has 1 N–H and O–H groups in total. The standard InChI is InChI=1S/C13H13NO6/c1-8-10(13(17)20-2)6-9(4-3-5-12(15)16)7-11(8)14(18)19/h3-4,6-7H,5H2,1-2H3,(H,15,16). The van der Waals surface area contributed by atoms with E-state index in [0.29, 0.717) is 5.56 Å². The van der Waals surface area contributed by atoms with Crippen LogP contribution in [-0.4, -0.2) is 29.1 Å². The highest BCUT2D eigenvalue weighted by atomic mass is 16.6. The third-order valence-corrected chi connectivity index (χ3v) is 2.61. The van der Waals surface area contributed by atoms with Crippen LogP contribution in [0.3, 0.4) is 0 Å². The molecule has 20 heavy (non-hydrogen) atoms. The van der Waals surface area contributed by atoms with Gasteiger partial charge in [-0.2, -0.15) is 0 Å². The Morgan fingerprint density at radius 2 is 2.10 bits per heavy atom. The van der Waals surface area contributed by atoms with Crippen molar-refractivity contribution < 1.29 is 24.4 Å². The number of nitrogens with zero attached hydrogens (tertiary/aromatic N) is 1. The van der Waals surface area contributed by atoms with Gasteiger partial charge in [0, 0.05) is 11.6 Å². The van der Waals surface area contributed by atoms with Crippen LogP contribution in [0, 0.1) is 17.0 Å². The van der Waals surface area contributed by atoms with Crippen molar-refractivity contribution in [2.45, 2.75) is 13.3 Å². The topological polar surface area (TPSA) is 107 Å². The fraction of sp³-hybridized carbons (Fsp3) is 0.231. The number of hydrogen-bond donors (Lipinski definition) is 1. The summed E-state index contributed by atoms with van der Waals surface area (Å²) < 4.78 is 4.57. The van der Waals surface area contributed by atoms with Crippen LogP contribution in [0.4, 0.5) is 5.69 Å². The second-order valence-corrected chi connectivity index (χ2v) is 3.96. The van der Waals surface area contributed by atoms with E-state index in [1.165, 1.54) is 38.3 Å². The molecule has 0 aliphatic carbocycles. The molecule has 0 aromatic heterocycles. The molecule has 106 valence electrons. The Kier molecular flexibility index (Phi) is 4.96. The number of carboxylic acid groups (broad SMARTS) is 1. The predicted octanol–water partition coefficient (Wildman–Crippen LogP) is 2.18. The fourth-order valence-electron chi connectivity index (χ4n) is 1.62. The minimum atomic E-state index is -1.02. The van der Waals surface area contributed by atoms with Crippen molar-refractivity contribution in [2.24, 2.45) is 0 Å². The van der Waals surface area contributed by atoms with Gasteiger partial charge in [-0.05, 0) is 18.6 Å². The molecule has 0 bridgehead atoms. The van der Waals surface area contributed by atoms with E-state index in [2.05, 4.69) is 4.74 Å². The maximum Gasteiger partial charge on any atom is 0.338 e. The summed E-state index contributed by atoms with van der Waals surface area (Å²) in [6.45, 7) is 1.45. The fourth-order valence-corrected chi connectivity index (χ4v) is 1.62. The Morgan fingerprint density at radius 3 is 2.60 bits per heavy atom. The molecule has 0 aliphatic heterocycles. The smallest absolute Gasteiger partial charge is 0.338 e. The number of rotatable bonds is 5. The number of esters is 1. The molecule has 0 unspecified atom stereocenters. The molecular formula is C13H13NO6. The second-order valence-electron chi connectivity index (χ2n) is 3.96. The van der Waals surface area contributed by atoms with Crippen LogP contribution in [0.5, 0.6) is 0 Å². The molecule has 7 nitrogen and oxygen atoms in total. The lowest BCUT2D eigenvalue weighted by Gasteiger charge is -2.06. The molecule has 0 saturated carbocycles. The minimum absolute atomic E-state index is 0.0803. The summed E-state index contributed by atoms with van der Waals surface area (Å²) in [4.78, 5) is 32.3. The van der Waals surface area contributed by atoms with E-state index in [1.54, 1.807) is 0 Å². The Labute approximate surface area is 114 Å². The van der Waals surface area contributed by atoms with Gasteiger partial charge in [-0.15, -0.1) is 0 Å². The molecule has 7 heteroatoms. The molecule has 0 spiro atoms. The number of nitro benzene ring substituents is 1. The van der Waals surface area contributed by atoms with Gasteiger partial charge in [0.05, 0.1) is 24.0 Å². The first kappa shape index (κ1) is 15.4. The van der Waals surface area contributed by atoms with E-state index < -0.39 is 16.9 Å². The van der Waals surface area contributed by atoms with Crippen molar-refractivity contribution in [1.82, 2.24) is 0 Å². The number of carboxylic acids is 1. The van der Waals surface area contributed by atoms with E-state index in [1.807, 2.05) is 0 Å². The molecule has 1 aromatic carbocycles. The van der Waals surface area contributed by atoms with E-state index in [4.69, 9.17) is 5.11 Å². The number of hydrogen-bond acceptors (Lipinski definition) is 5. The van der Waals surface area contributed by atoms with Crippen LogP contribution >= 0.6 is 0 Å². The highest BCUT2D eigenvalue weighted by molar-refractivity contribution is 5.93. The van der Waals surface area contributed by atoms with Gasteiger partial charge in [0.25, 0.3) is 5.69 Å². The summed E-state index contributed by atoms with van der Waals surface area (Å²) >= 11 is 0. The number of nitro groups is 1. The largest absolute Gasteiger partial charge is 0.481 e. The predicted molar refractivity (Wildman–Crippen MR) is 70.5 cm³/mol. The summed E-state index contributed by atoms with van der Waals surface area (Å²) in [5.41, 5.74) is 0.431. The molecule has 0 aliphatic rings. The van der Waals surface area contributed by atoms with Crippen molar-refractivity contribution >= 4 is 23.7 Å². The maximum absolute atomic E-state index is 11.6. The second kappa shape index (κ2) is 6.46. The van der Waals surface area contributed by atoms with E-state index in [0.717, 1.165) is 0 Å². The van der Waals surface area contributed by atoms with Gasteiger partial charge in [0.15, 0.2) is 0 Å². The Balaban J connectivity index is 3.29. The average molecular weight is 279 g/mol. The van der Waals surface area contributed by atoms with Crippen LogP contribution in [0.25, 0.3) is 6.08 Å². The van der Waals surface area contributed by atoms with Crippen molar-refractivity contribution in [1.29, 1.82) is 0 Å². The first-order valence-electron chi connectivity index (χ1n) is 5.62. The summed E-state index contributed by atoms with van der Waals surface area (Å²) in [6.07, 6.45) is 2.54. The number of ether oxygens (including phenoxy) is 1. The number of methoxy groups -OCH3 is 1. The van der Waals surface area contributed by atoms with Crippen LogP contribution < -0.4 is 0 Å². The number of aliphatic carboxylic acids is 1. The monoisotopic (exact) mass is 279 g/mol. The molecular weight excluding hydrogens is 266 g/mol. The molecule has 1 aromatic rings. The third-order valence-electron chi connectivity index (χ3n) is 2.61. The lowest BCUT2D eigenvalue weighted by molar-refractivity contribution is -0.385. The van der Waals surface area contributed by atoms with Gasteiger partial charge < -0.3 is 9.84 Å². The van der Waals surface area contributed by atoms with Gasteiger partial charge in [0.2, 0.25) is 0 Å². The minimum Gasteiger partial charge on any atom is -0.481 e. The lowest BCUT2D eigenvalue weighted by atomic mass is 10.0.